The summed E-state index contributed by atoms with van der Waals surface area (Å²) in [5.74, 6) is -1.32. The Morgan fingerprint density at radius 2 is 1.73 bits per heavy atom. The molecule has 3 N–H and O–H groups in total. The normalized spacial score (nSPS) is 18.2. The Morgan fingerprint density at radius 3 is 2.40 bits per heavy atom. The van der Waals surface area contributed by atoms with Gasteiger partial charge in [-0.25, -0.2) is 9.59 Å². The SMILES string of the molecule is Cc1ccc(NC(=O)NC(=O)CN2C(=O)NC(C)(c3ccccc3C)C2=O)c(C)c1. The molecule has 1 atom stereocenters. The number of hydrogen-bond donors (Lipinski definition) is 3. The highest BCUT2D eigenvalue weighted by atomic mass is 16.2. The molecule has 1 saturated heterocycles. The lowest BCUT2D eigenvalue weighted by molar-refractivity contribution is -0.134. The molecule has 8 heteroatoms. The van der Waals surface area contributed by atoms with E-state index in [2.05, 4.69) is 16.0 Å². The minimum atomic E-state index is -1.27. The van der Waals surface area contributed by atoms with Gasteiger partial charge in [0.2, 0.25) is 5.91 Å². The molecule has 2 aromatic carbocycles. The van der Waals surface area contributed by atoms with Crippen molar-refractivity contribution < 1.29 is 19.2 Å². The van der Waals surface area contributed by atoms with Crippen LogP contribution in [0.3, 0.4) is 0 Å². The van der Waals surface area contributed by atoms with Gasteiger partial charge in [0.05, 0.1) is 0 Å². The van der Waals surface area contributed by atoms with E-state index in [0.29, 0.717) is 11.3 Å². The number of anilines is 1. The molecule has 30 heavy (non-hydrogen) atoms. The van der Waals surface area contributed by atoms with E-state index in [1.807, 2.05) is 45.0 Å². The molecule has 156 valence electrons. The predicted molar refractivity (Wildman–Crippen MR) is 112 cm³/mol. The molecule has 1 unspecified atom stereocenters. The Hall–Kier alpha value is -3.68. The van der Waals surface area contributed by atoms with Gasteiger partial charge in [-0.2, -0.15) is 0 Å². The van der Waals surface area contributed by atoms with Crippen molar-refractivity contribution in [3.05, 3.63) is 64.7 Å². The van der Waals surface area contributed by atoms with Crippen LogP contribution >= 0.6 is 0 Å². The predicted octanol–water partition coefficient (Wildman–Crippen LogP) is 2.73. The molecule has 0 bridgehead atoms. The molecule has 1 aliphatic rings. The monoisotopic (exact) mass is 408 g/mol. The molecule has 6 amide bonds. The van der Waals surface area contributed by atoms with Crippen molar-refractivity contribution in [2.24, 2.45) is 0 Å². The highest BCUT2D eigenvalue weighted by Crippen LogP contribution is 2.30. The highest BCUT2D eigenvalue weighted by molar-refractivity contribution is 6.11. The maximum Gasteiger partial charge on any atom is 0.325 e. The van der Waals surface area contributed by atoms with Crippen molar-refractivity contribution in [3.63, 3.8) is 0 Å². The number of carbonyl (C=O) groups is 4. The number of benzene rings is 2. The first-order valence-electron chi connectivity index (χ1n) is 9.50. The Morgan fingerprint density at radius 1 is 1.03 bits per heavy atom. The lowest BCUT2D eigenvalue weighted by atomic mass is 9.88. The van der Waals surface area contributed by atoms with Crippen LogP contribution < -0.4 is 16.0 Å². The number of urea groups is 2. The first-order chi connectivity index (χ1) is 14.1. The summed E-state index contributed by atoms with van der Waals surface area (Å²) in [7, 11) is 0. The molecule has 3 rings (SSSR count). The fourth-order valence-electron chi connectivity index (χ4n) is 3.57. The summed E-state index contributed by atoms with van der Waals surface area (Å²) >= 11 is 0. The van der Waals surface area contributed by atoms with Crippen LogP contribution in [0.5, 0.6) is 0 Å². The zero-order valence-corrected chi connectivity index (χ0v) is 17.3. The van der Waals surface area contributed by atoms with E-state index in [-0.39, 0.29) is 0 Å². The van der Waals surface area contributed by atoms with E-state index >= 15 is 0 Å². The van der Waals surface area contributed by atoms with Crippen molar-refractivity contribution in [2.75, 3.05) is 11.9 Å². The van der Waals surface area contributed by atoms with Gasteiger partial charge in [0.25, 0.3) is 5.91 Å². The van der Waals surface area contributed by atoms with Gasteiger partial charge in [-0.1, -0.05) is 42.0 Å². The van der Waals surface area contributed by atoms with Crippen molar-refractivity contribution >= 4 is 29.6 Å². The summed E-state index contributed by atoms with van der Waals surface area (Å²) in [5.41, 5.74) is 2.68. The number of carbonyl (C=O) groups excluding carboxylic acids is 4. The van der Waals surface area contributed by atoms with E-state index in [1.54, 1.807) is 25.1 Å². The van der Waals surface area contributed by atoms with Crippen molar-refractivity contribution in [1.29, 1.82) is 0 Å². The quantitative estimate of drug-likeness (QED) is 0.676. The van der Waals surface area contributed by atoms with Gasteiger partial charge >= 0.3 is 12.1 Å². The van der Waals surface area contributed by atoms with Crippen LogP contribution in [0.1, 0.15) is 29.2 Å². The summed E-state index contributed by atoms with van der Waals surface area (Å²) < 4.78 is 0. The van der Waals surface area contributed by atoms with Crippen LogP contribution in [0.15, 0.2) is 42.5 Å². The molecule has 0 aliphatic carbocycles. The van der Waals surface area contributed by atoms with Crippen LogP contribution in [0.2, 0.25) is 0 Å². The Labute approximate surface area is 174 Å². The molecular weight excluding hydrogens is 384 g/mol. The standard InChI is InChI=1S/C22H24N4O4/c1-13-9-10-17(15(3)11-13)23-20(29)24-18(27)12-26-19(28)22(4,25-21(26)30)16-8-6-5-7-14(16)2/h5-11H,12H2,1-4H3,(H,25,30)(H2,23,24,27,29). The second kappa shape index (κ2) is 7.98. The molecule has 0 radical (unpaired) electrons. The summed E-state index contributed by atoms with van der Waals surface area (Å²) in [4.78, 5) is 50.6. The number of hydrogen-bond acceptors (Lipinski definition) is 4. The topological polar surface area (TPSA) is 108 Å². The van der Waals surface area contributed by atoms with Gasteiger partial charge in [-0.3, -0.25) is 19.8 Å². The third kappa shape index (κ3) is 4.03. The molecule has 0 saturated carbocycles. The van der Waals surface area contributed by atoms with Crippen molar-refractivity contribution in [3.8, 4) is 0 Å². The van der Waals surface area contributed by atoms with Gasteiger partial charge in [0, 0.05) is 5.69 Å². The highest BCUT2D eigenvalue weighted by Gasteiger charge is 2.50. The van der Waals surface area contributed by atoms with Gasteiger partial charge in [0.15, 0.2) is 0 Å². The molecule has 1 heterocycles. The lowest BCUT2D eigenvalue weighted by Crippen LogP contribution is -2.45. The zero-order chi connectivity index (χ0) is 22.1. The molecule has 8 nitrogen and oxygen atoms in total. The van der Waals surface area contributed by atoms with Crippen LogP contribution in [0.4, 0.5) is 15.3 Å². The fraction of sp³-hybridized carbons (Fsp3) is 0.273. The number of amides is 6. The fourth-order valence-corrected chi connectivity index (χ4v) is 3.57. The minimum Gasteiger partial charge on any atom is -0.319 e. The Kier molecular flexibility index (Phi) is 5.60. The van der Waals surface area contributed by atoms with Gasteiger partial charge < -0.3 is 10.6 Å². The van der Waals surface area contributed by atoms with E-state index in [0.717, 1.165) is 21.6 Å². The van der Waals surface area contributed by atoms with Crippen LogP contribution in [0.25, 0.3) is 0 Å². The zero-order valence-electron chi connectivity index (χ0n) is 17.3. The van der Waals surface area contributed by atoms with Gasteiger partial charge in [-0.05, 0) is 50.5 Å². The number of nitrogens with one attached hydrogen (secondary N) is 3. The van der Waals surface area contributed by atoms with Gasteiger partial charge in [-0.15, -0.1) is 0 Å². The third-order valence-electron chi connectivity index (χ3n) is 5.14. The Bertz CT molecular complexity index is 1050. The summed E-state index contributed by atoms with van der Waals surface area (Å²) in [6.45, 7) is 6.65. The molecule has 0 spiro atoms. The van der Waals surface area contributed by atoms with Gasteiger partial charge in [0.1, 0.15) is 12.1 Å². The average Bonchev–Trinajstić information content (AvgIpc) is 2.88. The summed E-state index contributed by atoms with van der Waals surface area (Å²) in [6, 6.07) is 11.3. The second-order valence-corrected chi connectivity index (χ2v) is 7.58. The number of nitrogens with zero attached hydrogens (tertiary/aromatic N) is 1. The summed E-state index contributed by atoms with van der Waals surface area (Å²) in [5, 5.41) is 7.40. The minimum absolute atomic E-state index is 0.549. The smallest absolute Gasteiger partial charge is 0.319 e. The largest absolute Gasteiger partial charge is 0.325 e. The van der Waals surface area contributed by atoms with E-state index in [1.165, 1.54) is 0 Å². The van der Waals surface area contributed by atoms with Crippen LogP contribution in [-0.2, 0) is 15.1 Å². The molecule has 1 fully saturated rings. The average molecular weight is 408 g/mol. The maximum atomic E-state index is 12.9. The van der Waals surface area contributed by atoms with E-state index in [9.17, 15) is 19.2 Å². The van der Waals surface area contributed by atoms with Crippen LogP contribution in [0, 0.1) is 20.8 Å². The van der Waals surface area contributed by atoms with E-state index in [4.69, 9.17) is 0 Å². The molecular formula is C22H24N4O4. The molecule has 2 aromatic rings. The number of imide groups is 2. The molecule has 1 aliphatic heterocycles. The summed E-state index contributed by atoms with van der Waals surface area (Å²) in [6.07, 6.45) is 0. The lowest BCUT2D eigenvalue weighted by Gasteiger charge is -2.24. The second-order valence-electron chi connectivity index (χ2n) is 7.58. The van der Waals surface area contributed by atoms with Crippen molar-refractivity contribution in [2.45, 2.75) is 33.2 Å². The first-order valence-corrected chi connectivity index (χ1v) is 9.50. The maximum absolute atomic E-state index is 12.9. The number of aryl methyl sites for hydroxylation is 3. The number of rotatable bonds is 4. The molecule has 0 aromatic heterocycles. The Balaban J connectivity index is 1.66. The van der Waals surface area contributed by atoms with Crippen LogP contribution in [-0.4, -0.2) is 35.3 Å². The third-order valence-corrected chi connectivity index (χ3v) is 5.14. The van der Waals surface area contributed by atoms with Crippen molar-refractivity contribution in [1.82, 2.24) is 15.5 Å². The first kappa shape index (κ1) is 21.0. The van der Waals surface area contributed by atoms with E-state index < -0.39 is 36.0 Å².